The topological polar surface area (TPSA) is 139 Å². The summed E-state index contributed by atoms with van der Waals surface area (Å²) in [6.45, 7) is 0.267. The van der Waals surface area contributed by atoms with Crippen molar-refractivity contribution in [1.29, 1.82) is 0 Å². The number of rotatable bonds is 6. The van der Waals surface area contributed by atoms with Crippen LogP contribution < -0.4 is 10.5 Å². The van der Waals surface area contributed by atoms with E-state index in [4.69, 9.17) is 10.5 Å². The molecular weight excluding hydrogens is 393 g/mol. The number of aromatic nitrogens is 4. The molecular formula is C16H14FN5O5S. The largest absolute Gasteiger partial charge is 0.495 e. The molecule has 0 saturated carbocycles. The lowest BCUT2D eigenvalue weighted by atomic mass is 10.2. The molecule has 10 nitrogen and oxygen atoms in total. The maximum absolute atomic E-state index is 13.0. The molecule has 0 aliphatic rings. The van der Waals surface area contributed by atoms with E-state index in [-0.39, 0.29) is 28.8 Å². The van der Waals surface area contributed by atoms with Crippen LogP contribution in [0.4, 0.5) is 9.18 Å². The van der Waals surface area contributed by atoms with Gasteiger partial charge in [0.15, 0.2) is 0 Å². The molecule has 1 aromatic heterocycles. The lowest BCUT2D eigenvalue weighted by molar-refractivity contribution is 0.212. The number of nitrogens with two attached hydrogens (primary N) is 1. The number of nitrogens with zero attached hydrogens (tertiary/aromatic N) is 4. The van der Waals surface area contributed by atoms with Crippen molar-refractivity contribution >= 4 is 16.2 Å². The average molecular weight is 407 g/mol. The number of tetrazole rings is 1. The molecule has 0 aliphatic carbocycles. The number of hydrogen-bond donors (Lipinski definition) is 1. The van der Waals surface area contributed by atoms with Crippen LogP contribution in [0.1, 0.15) is 5.56 Å². The Morgan fingerprint density at radius 1 is 1.21 bits per heavy atom. The first-order chi connectivity index (χ1) is 13.3. The summed E-state index contributed by atoms with van der Waals surface area (Å²) in [5.41, 5.74) is 5.96. The van der Waals surface area contributed by atoms with Crippen LogP contribution in [0.3, 0.4) is 0 Å². The van der Waals surface area contributed by atoms with Crippen molar-refractivity contribution in [2.75, 3.05) is 7.11 Å². The van der Waals surface area contributed by atoms with E-state index in [1.165, 1.54) is 42.2 Å². The molecule has 28 heavy (non-hydrogen) atoms. The molecule has 0 aliphatic heterocycles. The molecule has 0 spiro atoms. The van der Waals surface area contributed by atoms with Crippen LogP contribution in [0, 0.1) is 5.82 Å². The zero-order valence-electron chi connectivity index (χ0n) is 14.4. The Hall–Kier alpha value is -3.54. The van der Waals surface area contributed by atoms with Gasteiger partial charge in [0.1, 0.15) is 16.5 Å². The van der Waals surface area contributed by atoms with Gasteiger partial charge in [-0.1, -0.05) is 12.1 Å². The Labute approximate surface area is 158 Å². The van der Waals surface area contributed by atoms with Gasteiger partial charge in [-0.2, -0.15) is 13.2 Å². The molecule has 0 fully saturated rings. The van der Waals surface area contributed by atoms with E-state index in [0.717, 1.165) is 5.56 Å². The number of benzene rings is 2. The quantitative estimate of drug-likeness (QED) is 0.604. The lowest BCUT2D eigenvalue weighted by Crippen LogP contribution is -2.19. The highest BCUT2D eigenvalue weighted by atomic mass is 32.2. The van der Waals surface area contributed by atoms with Gasteiger partial charge in [-0.25, -0.2) is 9.18 Å². The second-order valence-electron chi connectivity index (χ2n) is 5.49. The van der Waals surface area contributed by atoms with Gasteiger partial charge in [-0.15, -0.1) is 10.2 Å². The molecule has 12 heteroatoms. The highest BCUT2D eigenvalue weighted by Crippen LogP contribution is 2.29. The molecule has 146 valence electrons. The van der Waals surface area contributed by atoms with E-state index in [2.05, 4.69) is 19.6 Å². The Morgan fingerprint density at radius 2 is 1.93 bits per heavy atom. The van der Waals surface area contributed by atoms with Gasteiger partial charge in [0, 0.05) is 5.56 Å². The number of methoxy groups -OCH3 is 1. The summed E-state index contributed by atoms with van der Waals surface area (Å²) in [6, 6.07) is 9.78. The summed E-state index contributed by atoms with van der Waals surface area (Å²) in [5.74, 6) is -0.229. The van der Waals surface area contributed by atoms with E-state index in [0.29, 0.717) is 5.56 Å². The summed E-state index contributed by atoms with van der Waals surface area (Å²) in [5, 5.41) is 12.0. The van der Waals surface area contributed by atoms with Gasteiger partial charge in [0.2, 0.25) is 5.82 Å². The highest BCUT2D eigenvalue weighted by Gasteiger charge is 2.24. The van der Waals surface area contributed by atoms with Crippen molar-refractivity contribution in [3.63, 3.8) is 0 Å². The number of carbonyl (C=O) groups excluding carboxylic acids is 1. The third-order valence-electron chi connectivity index (χ3n) is 3.57. The molecule has 3 rings (SSSR count). The van der Waals surface area contributed by atoms with Crippen LogP contribution in [0.25, 0.3) is 11.4 Å². The summed E-state index contributed by atoms with van der Waals surface area (Å²) in [6.07, 6.45) is -1.46. The van der Waals surface area contributed by atoms with Crippen LogP contribution in [0.5, 0.6) is 5.75 Å². The van der Waals surface area contributed by atoms with Gasteiger partial charge in [0.25, 0.3) is 0 Å². The monoisotopic (exact) mass is 407 g/mol. The number of hydrogen-bond acceptors (Lipinski definition) is 8. The van der Waals surface area contributed by atoms with Gasteiger partial charge < -0.3 is 14.7 Å². The van der Waals surface area contributed by atoms with Gasteiger partial charge in [0.05, 0.1) is 13.7 Å². The fraction of sp³-hybridized carbons (Fsp3) is 0.125. The van der Waals surface area contributed by atoms with E-state index < -0.39 is 16.2 Å². The van der Waals surface area contributed by atoms with Gasteiger partial charge >= 0.3 is 16.2 Å². The predicted molar refractivity (Wildman–Crippen MR) is 93.2 cm³/mol. The highest BCUT2D eigenvalue weighted by molar-refractivity contribution is 7.87. The second kappa shape index (κ2) is 7.60. The summed E-state index contributed by atoms with van der Waals surface area (Å²) < 4.78 is 46.2. The van der Waals surface area contributed by atoms with Crippen molar-refractivity contribution < 1.29 is 26.5 Å². The van der Waals surface area contributed by atoms with Gasteiger partial charge in [-0.05, 0) is 41.1 Å². The van der Waals surface area contributed by atoms with E-state index in [9.17, 15) is 17.6 Å². The minimum atomic E-state index is -4.43. The molecule has 2 aromatic carbocycles. The normalized spacial score (nSPS) is 11.2. The Kier molecular flexibility index (Phi) is 5.22. The molecule has 3 aromatic rings. The number of amides is 1. The maximum atomic E-state index is 13.0. The number of ether oxygens (including phenoxy) is 1. The maximum Gasteiger partial charge on any atom is 0.420 e. The SMILES string of the molecule is COc1cc(-c2nnn(Cc3ccc(F)cc3)n2)ccc1S(=O)(=O)OC(N)=O. The van der Waals surface area contributed by atoms with Crippen molar-refractivity contribution in [2.45, 2.75) is 11.4 Å². The molecule has 0 radical (unpaired) electrons. The van der Waals surface area contributed by atoms with Crippen molar-refractivity contribution in [2.24, 2.45) is 5.73 Å². The first-order valence-corrected chi connectivity index (χ1v) is 9.14. The fourth-order valence-electron chi connectivity index (χ4n) is 2.35. The van der Waals surface area contributed by atoms with E-state index >= 15 is 0 Å². The van der Waals surface area contributed by atoms with E-state index in [1.807, 2.05) is 0 Å². The zero-order valence-corrected chi connectivity index (χ0v) is 15.3. The van der Waals surface area contributed by atoms with E-state index in [1.54, 1.807) is 12.1 Å². The molecule has 0 unspecified atom stereocenters. The molecule has 0 bridgehead atoms. The first kappa shape index (κ1) is 19.2. The molecule has 1 amide bonds. The number of halogens is 1. The van der Waals surface area contributed by atoms with Crippen LogP contribution >= 0.6 is 0 Å². The van der Waals surface area contributed by atoms with Crippen LogP contribution in [-0.4, -0.2) is 41.8 Å². The van der Waals surface area contributed by atoms with Crippen LogP contribution in [0.2, 0.25) is 0 Å². The zero-order chi connectivity index (χ0) is 20.3. The third-order valence-corrected chi connectivity index (χ3v) is 4.83. The minimum Gasteiger partial charge on any atom is -0.495 e. The molecule has 0 atom stereocenters. The summed E-state index contributed by atoms with van der Waals surface area (Å²) in [7, 11) is -3.18. The Morgan fingerprint density at radius 3 is 2.57 bits per heavy atom. The van der Waals surface area contributed by atoms with Crippen molar-refractivity contribution in [1.82, 2.24) is 20.2 Å². The number of primary amides is 1. The molecule has 1 heterocycles. The Bertz CT molecular complexity index is 1110. The Balaban J connectivity index is 1.87. The summed E-state index contributed by atoms with van der Waals surface area (Å²) >= 11 is 0. The predicted octanol–water partition coefficient (Wildman–Crippen LogP) is 1.32. The third kappa shape index (κ3) is 4.23. The molecule has 2 N–H and O–H groups in total. The average Bonchev–Trinajstić information content (AvgIpc) is 3.10. The first-order valence-electron chi connectivity index (χ1n) is 7.73. The second-order valence-corrected chi connectivity index (χ2v) is 7.01. The summed E-state index contributed by atoms with van der Waals surface area (Å²) in [4.78, 5) is 11.7. The fourth-order valence-corrected chi connectivity index (χ4v) is 3.27. The van der Waals surface area contributed by atoms with Gasteiger partial charge in [-0.3, -0.25) is 0 Å². The smallest absolute Gasteiger partial charge is 0.420 e. The number of carbonyl (C=O) groups is 1. The van der Waals surface area contributed by atoms with Crippen LogP contribution in [0.15, 0.2) is 47.4 Å². The standard InChI is InChI=1S/C16H14FN5O5S/c1-26-13-8-11(4-7-14(13)28(24,25)27-16(18)23)15-19-21-22(20-15)9-10-2-5-12(17)6-3-10/h2-8H,9H2,1H3,(H2,18,23). The molecule has 0 saturated heterocycles. The minimum absolute atomic E-state index is 0.0892. The van der Waals surface area contributed by atoms with Crippen molar-refractivity contribution in [3.05, 3.63) is 53.8 Å². The van der Waals surface area contributed by atoms with Crippen LogP contribution in [-0.2, 0) is 20.8 Å². The lowest BCUT2D eigenvalue weighted by Gasteiger charge is -2.09. The van der Waals surface area contributed by atoms with Crippen molar-refractivity contribution in [3.8, 4) is 17.1 Å².